The van der Waals surface area contributed by atoms with E-state index < -0.39 is 5.54 Å². The Morgan fingerprint density at radius 3 is 2.41 bits per heavy atom. The number of hydrogen-bond acceptors (Lipinski definition) is 4. The number of thiocarbonyl (C=S) groups is 1. The first-order chi connectivity index (χ1) is 8.00. The van der Waals surface area contributed by atoms with Gasteiger partial charge in [-0.3, -0.25) is 9.59 Å². The maximum atomic E-state index is 12.1. The lowest BCUT2D eigenvalue weighted by molar-refractivity contribution is -0.126. The number of nitrogens with one attached hydrogen (secondary N) is 1. The predicted octanol–water partition coefficient (Wildman–Crippen LogP) is 2.25. The summed E-state index contributed by atoms with van der Waals surface area (Å²) in [5, 5.41) is 2.48. The molecule has 0 radical (unpaired) electrons. The quantitative estimate of drug-likeness (QED) is 0.850. The summed E-state index contributed by atoms with van der Waals surface area (Å²) in [5.41, 5.74) is -0.308. The number of benzene rings is 1. The molecule has 0 aromatic heterocycles. The summed E-state index contributed by atoms with van der Waals surface area (Å²) in [6.07, 6.45) is 0. The van der Waals surface area contributed by atoms with Gasteiger partial charge in [0.15, 0.2) is 0 Å². The smallest absolute Gasteiger partial charge is 0.223 e. The van der Waals surface area contributed by atoms with Crippen molar-refractivity contribution in [3.8, 4) is 0 Å². The third-order valence-corrected chi connectivity index (χ3v) is 3.35. The van der Waals surface area contributed by atoms with Crippen molar-refractivity contribution in [2.45, 2.75) is 19.4 Å². The van der Waals surface area contributed by atoms with Crippen LogP contribution in [0.2, 0.25) is 0 Å². The molecule has 1 amide bonds. The van der Waals surface area contributed by atoms with Crippen LogP contribution in [-0.4, -0.2) is 15.7 Å². The van der Waals surface area contributed by atoms with Crippen LogP contribution in [-0.2, 0) is 15.1 Å². The van der Waals surface area contributed by atoms with Gasteiger partial charge in [0.1, 0.15) is 5.54 Å². The molecule has 0 aliphatic carbocycles. The van der Waals surface area contributed by atoms with E-state index in [1.54, 1.807) is 19.1 Å². The first-order valence-electron chi connectivity index (χ1n) is 4.99. The minimum Gasteiger partial charge on any atom is -0.339 e. The molecule has 17 heavy (non-hydrogen) atoms. The third-order valence-electron chi connectivity index (χ3n) is 2.34. The lowest BCUT2D eigenvalue weighted by atomic mass is 9.93. The van der Waals surface area contributed by atoms with Crippen LogP contribution >= 0.6 is 24.0 Å². The molecule has 0 bridgehead atoms. The zero-order valence-electron chi connectivity index (χ0n) is 9.60. The van der Waals surface area contributed by atoms with E-state index in [0.717, 1.165) is 17.3 Å². The molecule has 1 N–H and O–H groups in total. The van der Waals surface area contributed by atoms with Gasteiger partial charge in [0, 0.05) is 11.6 Å². The molecule has 1 unspecified atom stereocenters. The molecule has 1 aromatic carbocycles. The number of thioether (sulfide) groups is 1. The van der Waals surface area contributed by atoms with Crippen LogP contribution in [0.3, 0.4) is 0 Å². The van der Waals surface area contributed by atoms with Crippen molar-refractivity contribution >= 4 is 39.7 Å². The second-order valence-corrected chi connectivity index (χ2v) is 5.05. The normalized spacial score (nSPS) is 13.5. The fourth-order valence-electron chi connectivity index (χ4n) is 1.53. The van der Waals surface area contributed by atoms with E-state index in [1.165, 1.54) is 11.6 Å². The molecule has 0 spiro atoms. The van der Waals surface area contributed by atoms with E-state index in [9.17, 15) is 9.59 Å². The largest absolute Gasteiger partial charge is 0.339 e. The average Bonchev–Trinajstić information content (AvgIpc) is 2.29. The Kier molecular flexibility index (Phi) is 4.84. The minimum absolute atomic E-state index is 0.200. The van der Waals surface area contributed by atoms with Gasteiger partial charge in [-0.2, -0.15) is 0 Å². The number of amides is 1. The average molecular weight is 267 g/mol. The first-order valence-corrected chi connectivity index (χ1v) is 6.35. The third kappa shape index (κ3) is 3.38. The molecule has 1 atom stereocenters. The molecule has 90 valence electrons. The van der Waals surface area contributed by atoms with Gasteiger partial charge in [0.2, 0.25) is 11.0 Å². The van der Waals surface area contributed by atoms with Crippen molar-refractivity contribution in [2.75, 3.05) is 0 Å². The van der Waals surface area contributed by atoms with E-state index in [1.807, 2.05) is 18.2 Å². The Morgan fingerprint density at radius 1 is 1.35 bits per heavy atom. The molecule has 0 aliphatic rings. The summed E-state index contributed by atoms with van der Waals surface area (Å²) < 4.78 is 1.30. The molecule has 0 saturated carbocycles. The Bertz CT molecular complexity index is 433. The van der Waals surface area contributed by atoms with Crippen LogP contribution < -0.4 is 5.32 Å². The molecule has 0 fully saturated rings. The lowest BCUT2D eigenvalue weighted by Crippen LogP contribution is -2.47. The van der Waals surface area contributed by atoms with Gasteiger partial charge in [-0.05, 0) is 24.2 Å². The summed E-state index contributed by atoms with van der Waals surface area (Å²) in [6, 6.07) is 9.11. The van der Waals surface area contributed by atoms with Crippen molar-refractivity contribution in [1.82, 2.24) is 5.32 Å². The zero-order valence-corrected chi connectivity index (χ0v) is 11.2. The summed E-state index contributed by atoms with van der Waals surface area (Å²) in [5.74, 6) is -0.255. The first kappa shape index (κ1) is 13.9. The van der Waals surface area contributed by atoms with Gasteiger partial charge in [-0.25, -0.2) is 0 Å². The molecular weight excluding hydrogens is 254 g/mol. The standard InChI is InChI=1S/C12H13NO2S2/c1-9(14)13-12(2,11(15)17-8-16)10-6-4-3-5-7-10/h3-8H,1-2H3,(H,13,14). The van der Waals surface area contributed by atoms with Crippen LogP contribution in [0.25, 0.3) is 0 Å². The van der Waals surface area contributed by atoms with Gasteiger partial charge < -0.3 is 5.32 Å². The molecular formula is C12H13NO2S2. The Morgan fingerprint density at radius 2 is 1.94 bits per heavy atom. The molecule has 3 nitrogen and oxygen atoms in total. The summed E-state index contributed by atoms with van der Waals surface area (Å²) >= 11 is 5.58. The Hall–Kier alpha value is -1.20. The molecule has 0 saturated heterocycles. The number of rotatable bonds is 4. The summed E-state index contributed by atoms with van der Waals surface area (Å²) in [6.45, 7) is 3.06. The van der Waals surface area contributed by atoms with Crippen LogP contribution in [0.1, 0.15) is 19.4 Å². The lowest BCUT2D eigenvalue weighted by Gasteiger charge is -2.28. The number of carbonyl (C=O) groups is 2. The number of hydrogen-bond donors (Lipinski definition) is 1. The highest BCUT2D eigenvalue weighted by atomic mass is 32.2. The molecule has 1 rings (SSSR count). The summed E-state index contributed by atoms with van der Waals surface area (Å²) in [7, 11) is 0. The van der Waals surface area contributed by atoms with Gasteiger partial charge in [0.05, 0.1) is 0 Å². The van der Waals surface area contributed by atoms with Gasteiger partial charge in [-0.15, -0.1) is 0 Å². The topological polar surface area (TPSA) is 46.2 Å². The van der Waals surface area contributed by atoms with Crippen molar-refractivity contribution < 1.29 is 9.59 Å². The molecule has 0 aliphatic heterocycles. The number of carbonyl (C=O) groups excluding carboxylic acids is 2. The van der Waals surface area contributed by atoms with Crippen LogP contribution in [0.15, 0.2) is 30.3 Å². The monoisotopic (exact) mass is 267 g/mol. The Labute approximate surface area is 110 Å². The fourth-order valence-corrected chi connectivity index (χ4v) is 2.28. The maximum Gasteiger partial charge on any atom is 0.223 e. The van der Waals surface area contributed by atoms with E-state index in [4.69, 9.17) is 0 Å². The van der Waals surface area contributed by atoms with Gasteiger partial charge >= 0.3 is 0 Å². The van der Waals surface area contributed by atoms with Crippen molar-refractivity contribution in [2.24, 2.45) is 0 Å². The zero-order chi connectivity index (χ0) is 12.9. The highest BCUT2D eigenvalue weighted by Gasteiger charge is 2.35. The van der Waals surface area contributed by atoms with Crippen molar-refractivity contribution in [3.05, 3.63) is 35.9 Å². The highest BCUT2D eigenvalue weighted by molar-refractivity contribution is 8.31. The minimum atomic E-state index is -1.05. The van der Waals surface area contributed by atoms with Crippen LogP contribution in [0, 0.1) is 0 Å². The fraction of sp³-hybridized carbons (Fsp3) is 0.250. The van der Waals surface area contributed by atoms with Crippen LogP contribution in [0.5, 0.6) is 0 Å². The van der Waals surface area contributed by atoms with E-state index >= 15 is 0 Å². The van der Waals surface area contributed by atoms with E-state index in [2.05, 4.69) is 17.5 Å². The molecule has 0 heterocycles. The second-order valence-electron chi connectivity index (χ2n) is 3.67. The molecule has 1 aromatic rings. The predicted molar refractivity (Wildman–Crippen MR) is 73.9 cm³/mol. The van der Waals surface area contributed by atoms with E-state index in [0.29, 0.717) is 0 Å². The van der Waals surface area contributed by atoms with Crippen LogP contribution in [0.4, 0.5) is 0 Å². The van der Waals surface area contributed by atoms with Gasteiger partial charge in [0.25, 0.3) is 0 Å². The molecule has 5 heteroatoms. The van der Waals surface area contributed by atoms with Crippen molar-refractivity contribution in [3.63, 3.8) is 0 Å². The second kappa shape index (κ2) is 5.93. The Balaban J connectivity index is 3.14. The maximum absolute atomic E-state index is 12.1. The van der Waals surface area contributed by atoms with Gasteiger partial charge in [-0.1, -0.05) is 42.5 Å². The summed E-state index contributed by atoms with van der Waals surface area (Å²) in [4.78, 5) is 23.3. The highest BCUT2D eigenvalue weighted by Crippen LogP contribution is 2.26. The SMILES string of the molecule is CC(=O)NC(C)(C(=O)SC=S)c1ccccc1. The van der Waals surface area contributed by atoms with E-state index in [-0.39, 0.29) is 11.0 Å². The van der Waals surface area contributed by atoms with Crippen molar-refractivity contribution in [1.29, 1.82) is 0 Å².